The van der Waals surface area contributed by atoms with E-state index in [9.17, 15) is 0 Å². The molecule has 0 aliphatic rings. The van der Waals surface area contributed by atoms with Crippen LogP contribution in [0.15, 0.2) is 109 Å². The summed E-state index contributed by atoms with van der Waals surface area (Å²) in [6, 6.07) is 41.0. The van der Waals surface area contributed by atoms with Crippen molar-refractivity contribution in [3.8, 4) is 34.5 Å². The molecule has 6 bridgehead atoms. The molecule has 7 aromatic carbocycles. The first kappa shape index (κ1) is 77.5. The number of hydrogen-bond donors (Lipinski definition) is 0. The fourth-order valence-electron chi connectivity index (χ4n) is 13.8. The summed E-state index contributed by atoms with van der Waals surface area (Å²) in [5.74, 6) is 4.97. The van der Waals surface area contributed by atoms with Crippen LogP contribution in [0.3, 0.4) is 0 Å². The summed E-state index contributed by atoms with van der Waals surface area (Å²) in [7, 11) is 0. The van der Waals surface area contributed by atoms with Gasteiger partial charge in [0.1, 0.15) is 0 Å². The normalized spacial score (nSPS) is 11.6. The van der Waals surface area contributed by atoms with Crippen LogP contribution in [0, 0.1) is 0 Å². The van der Waals surface area contributed by atoms with Crippen LogP contribution >= 0.6 is 0 Å². The first-order valence-electron chi connectivity index (χ1n) is 40.1. The van der Waals surface area contributed by atoms with Gasteiger partial charge in [0.05, 0.1) is 39.6 Å². The molecule has 0 amide bonds. The Bertz CT molecular complexity index is 3360. The number of ether oxygens (including phenoxy) is 6. The Labute approximate surface area is 584 Å². The predicted molar refractivity (Wildman–Crippen MR) is 419 cm³/mol. The van der Waals surface area contributed by atoms with Gasteiger partial charge >= 0.3 is 0 Å². The van der Waals surface area contributed by atoms with Crippen molar-refractivity contribution >= 4 is 64.6 Å². The molecule has 7 rings (SSSR count). The van der Waals surface area contributed by atoms with E-state index in [4.69, 9.17) is 28.4 Å². The SMILES string of the molecule is CCCCCCCCCCCCOc1cc2ccc3ccc4c(OCCC)c(OCCC)cc(ccc5cc(OCCCCCCCCCCCC)c(OCCCCCCCCCCCC)c6ccc(ccc7ccc(c1OCCCCCCCCCCCC)c2c7)cc56)c4c3. The Kier molecular flexibility index (Phi) is 38.7. The second kappa shape index (κ2) is 48.0. The van der Waals surface area contributed by atoms with Crippen LogP contribution in [0.25, 0.3) is 64.6 Å². The van der Waals surface area contributed by atoms with E-state index in [0.29, 0.717) is 39.6 Å². The first-order chi connectivity index (χ1) is 47.5. The van der Waals surface area contributed by atoms with Gasteiger partial charge < -0.3 is 28.4 Å². The third-order valence-corrected chi connectivity index (χ3v) is 19.6. The van der Waals surface area contributed by atoms with Crippen molar-refractivity contribution in [2.24, 2.45) is 0 Å². The molecule has 0 fully saturated rings. The highest BCUT2D eigenvalue weighted by molar-refractivity contribution is 6.09. The third kappa shape index (κ3) is 27.4. The molecule has 96 heavy (non-hydrogen) atoms. The highest BCUT2D eigenvalue weighted by Crippen LogP contribution is 2.44. The van der Waals surface area contributed by atoms with Crippen LogP contribution in [0.2, 0.25) is 0 Å². The van der Waals surface area contributed by atoms with Gasteiger partial charge in [0.2, 0.25) is 0 Å². The summed E-state index contributed by atoms with van der Waals surface area (Å²) in [6.07, 6.45) is 53.3. The van der Waals surface area contributed by atoms with Crippen LogP contribution in [0.5, 0.6) is 34.5 Å². The maximum Gasteiger partial charge on any atom is 0.169 e. The summed E-state index contributed by atoms with van der Waals surface area (Å²) < 4.78 is 41.1. The fraction of sp³-hybridized carbons (Fsp3) is 0.600. The number of benzene rings is 6. The summed E-state index contributed by atoms with van der Waals surface area (Å²) in [6.45, 7) is 17.4. The molecule has 0 spiro atoms. The van der Waals surface area contributed by atoms with Crippen molar-refractivity contribution in [2.45, 2.75) is 311 Å². The van der Waals surface area contributed by atoms with Crippen molar-refractivity contribution in [3.63, 3.8) is 0 Å². The second-order valence-electron chi connectivity index (χ2n) is 28.1. The van der Waals surface area contributed by atoms with Gasteiger partial charge in [-0.05, 0) is 142 Å². The molecule has 0 aromatic heterocycles. The molecule has 0 heterocycles. The van der Waals surface area contributed by atoms with Gasteiger partial charge in [-0.1, -0.05) is 327 Å². The molecule has 0 aliphatic heterocycles. The van der Waals surface area contributed by atoms with Crippen LogP contribution in [0.1, 0.15) is 311 Å². The predicted octanol–water partition coefficient (Wildman–Crippen LogP) is 29.1. The lowest BCUT2D eigenvalue weighted by molar-refractivity contribution is 0.261. The van der Waals surface area contributed by atoms with Gasteiger partial charge in [-0.25, -0.2) is 0 Å². The van der Waals surface area contributed by atoms with Crippen molar-refractivity contribution in [2.75, 3.05) is 39.6 Å². The lowest BCUT2D eigenvalue weighted by atomic mass is 10.0. The zero-order valence-corrected chi connectivity index (χ0v) is 61.8. The monoisotopic (exact) mass is 1310 g/mol. The second-order valence-corrected chi connectivity index (χ2v) is 28.1. The van der Waals surface area contributed by atoms with Crippen LogP contribution in [-0.2, 0) is 0 Å². The Balaban J connectivity index is 1.32. The topological polar surface area (TPSA) is 55.4 Å². The van der Waals surface area contributed by atoms with E-state index in [1.54, 1.807) is 0 Å². The summed E-state index contributed by atoms with van der Waals surface area (Å²) >= 11 is 0. The maximum absolute atomic E-state index is 7.00. The summed E-state index contributed by atoms with van der Waals surface area (Å²) in [5, 5.41) is 13.2. The lowest BCUT2D eigenvalue weighted by Crippen LogP contribution is -2.03. The Morgan fingerprint density at radius 3 is 0.667 bits per heavy atom. The zero-order chi connectivity index (χ0) is 67.3. The van der Waals surface area contributed by atoms with Gasteiger partial charge in [-0.15, -0.1) is 0 Å². The molecule has 528 valence electrons. The molecule has 0 N–H and O–H groups in total. The first-order valence-corrected chi connectivity index (χ1v) is 40.1. The summed E-state index contributed by atoms with van der Waals surface area (Å²) in [5.41, 5.74) is 0. The molecule has 6 nitrogen and oxygen atoms in total. The van der Waals surface area contributed by atoms with E-state index < -0.39 is 0 Å². The quantitative estimate of drug-likeness (QED) is 0.0354. The number of fused-ring (bicyclic) bond motifs is 3. The minimum Gasteiger partial charge on any atom is -0.490 e. The van der Waals surface area contributed by atoms with Crippen molar-refractivity contribution in [1.29, 1.82) is 0 Å². The van der Waals surface area contributed by atoms with Crippen LogP contribution < -0.4 is 28.4 Å². The largest absolute Gasteiger partial charge is 0.490 e. The van der Waals surface area contributed by atoms with Crippen molar-refractivity contribution in [1.82, 2.24) is 0 Å². The van der Waals surface area contributed by atoms with E-state index in [1.165, 1.54) is 231 Å². The molecule has 0 aliphatic carbocycles. The highest BCUT2D eigenvalue weighted by Gasteiger charge is 2.18. The number of hydrogen-bond acceptors (Lipinski definition) is 6. The fourth-order valence-corrected chi connectivity index (χ4v) is 13.8. The van der Waals surface area contributed by atoms with E-state index >= 15 is 0 Å². The molecular formula is C90H132O6. The van der Waals surface area contributed by atoms with Gasteiger partial charge in [0.25, 0.3) is 0 Å². The smallest absolute Gasteiger partial charge is 0.169 e. The van der Waals surface area contributed by atoms with Gasteiger partial charge in [-0.3, -0.25) is 0 Å². The standard InChI is InChI=1S/C90H132O6/c1-7-13-17-21-25-29-33-37-41-45-63-92-86-70-76-55-51-75-54-60-79-84(69-75)77(71-85(91-61-11-5)88(79)94-62-12-6)56-57-78-72-87(93-64-46-42-38-34-30-26-22-18-14-8-2)90(96-66-48-44-40-36-32-28-24-20-16-10-4)81-59-53-74(68-83(78)81)50-49-73-52-58-80(82(76)67-73)89(86)95-65-47-43-39-35-31-27-23-19-15-9-3/h49-60,67-72H,7-48,61-66H2,1-6H3. The molecule has 0 saturated heterocycles. The van der Waals surface area contributed by atoms with E-state index in [1.807, 2.05) is 0 Å². The molecule has 0 unspecified atom stereocenters. The molecule has 6 heteroatoms. The minimum atomic E-state index is 0.600. The summed E-state index contributed by atoms with van der Waals surface area (Å²) in [4.78, 5) is 0. The van der Waals surface area contributed by atoms with E-state index in [2.05, 4.69) is 151 Å². The highest BCUT2D eigenvalue weighted by atomic mass is 16.5. The third-order valence-electron chi connectivity index (χ3n) is 19.6. The Morgan fingerprint density at radius 2 is 0.385 bits per heavy atom. The van der Waals surface area contributed by atoms with Crippen LogP contribution in [0.4, 0.5) is 0 Å². The average molecular weight is 1310 g/mol. The molecule has 0 atom stereocenters. The lowest BCUT2D eigenvalue weighted by Gasteiger charge is -2.17. The van der Waals surface area contributed by atoms with Crippen molar-refractivity contribution < 1.29 is 28.4 Å². The van der Waals surface area contributed by atoms with E-state index in [0.717, 1.165) is 138 Å². The van der Waals surface area contributed by atoms with Gasteiger partial charge in [-0.2, -0.15) is 0 Å². The van der Waals surface area contributed by atoms with Gasteiger partial charge in [0.15, 0.2) is 34.5 Å². The molecule has 0 radical (unpaired) electrons. The Morgan fingerprint density at radius 1 is 0.177 bits per heavy atom. The van der Waals surface area contributed by atoms with Crippen molar-refractivity contribution in [3.05, 3.63) is 109 Å². The van der Waals surface area contributed by atoms with Gasteiger partial charge in [0, 0.05) is 16.2 Å². The molecule has 7 aromatic rings. The number of unbranched alkanes of at least 4 members (excludes halogenated alkanes) is 36. The van der Waals surface area contributed by atoms with E-state index in [-0.39, 0.29) is 0 Å². The minimum absolute atomic E-state index is 0.600. The molecule has 0 saturated carbocycles. The Hall–Kier alpha value is -5.88. The average Bonchev–Trinajstić information content (AvgIpc) is 0.796. The number of rotatable bonds is 54. The van der Waals surface area contributed by atoms with Crippen LogP contribution in [-0.4, -0.2) is 39.6 Å². The zero-order valence-electron chi connectivity index (χ0n) is 61.8. The maximum atomic E-state index is 7.00. The molecular weight excluding hydrogens is 1180 g/mol.